The molecule has 1 saturated carbocycles. The fraction of sp³-hybridized carbons (Fsp3) is 1.00. The molecule has 0 aromatic rings. The minimum atomic E-state index is -0.464. The quantitative estimate of drug-likeness (QED) is 0.543. The van der Waals surface area contributed by atoms with Crippen molar-refractivity contribution in [2.75, 3.05) is 6.54 Å². The molecule has 1 aliphatic rings. The number of rotatable bonds is 1. The smallest absolute Gasteiger partial charge is 0.122 e. The van der Waals surface area contributed by atoms with E-state index < -0.39 is 4.33 Å². The second-order valence-corrected chi connectivity index (χ2v) is 3.44. The van der Waals surface area contributed by atoms with Gasteiger partial charge in [-0.05, 0) is 13.0 Å². The van der Waals surface area contributed by atoms with Gasteiger partial charge in [-0.3, -0.25) is 0 Å². The first kappa shape index (κ1) is 5.67. The second kappa shape index (κ2) is 1.51. The zero-order chi connectivity index (χ0) is 5.49. The molecular weight excluding hydrogens is 133 g/mol. The van der Waals surface area contributed by atoms with Crippen molar-refractivity contribution in [3.8, 4) is 0 Å². The van der Waals surface area contributed by atoms with Crippen molar-refractivity contribution in [1.82, 2.24) is 0 Å². The average molecular weight is 140 g/mol. The van der Waals surface area contributed by atoms with E-state index in [1.807, 2.05) is 0 Å². The minimum Gasteiger partial charge on any atom is -0.330 e. The molecule has 0 unspecified atom stereocenters. The van der Waals surface area contributed by atoms with Crippen molar-refractivity contribution in [3.05, 3.63) is 0 Å². The van der Waals surface area contributed by atoms with Gasteiger partial charge in [0.2, 0.25) is 0 Å². The van der Waals surface area contributed by atoms with E-state index in [2.05, 4.69) is 0 Å². The molecule has 0 heterocycles. The standard InChI is InChI=1S/C4H7Cl2N/c5-4(6)1-3(4)2-7/h3H,1-2,7H2/t3-/m1/s1. The Morgan fingerprint density at radius 1 is 1.71 bits per heavy atom. The first-order valence-electron chi connectivity index (χ1n) is 2.24. The molecule has 0 aromatic carbocycles. The van der Waals surface area contributed by atoms with E-state index in [0.29, 0.717) is 12.5 Å². The molecule has 7 heavy (non-hydrogen) atoms. The molecule has 0 spiro atoms. The molecule has 1 fully saturated rings. The Hall–Kier alpha value is 0.540. The minimum absolute atomic E-state index is 0.357. The van der Waals surface area contributed by atoms with E-state index in [1.165, 1.54) is 0 Å². The van der Waals surface area contributed by atoms with Gasteiger partial charge < -0.3 is 5.73 Å². The highest BCUT2D eigenvalue weighted by Crippen LogP contribution is 2.52. The van der Waals surface area contributed by atoms with Crippen molar-refractivity contribution in [2.45, 2.75) is 10.8 Å². The average Bonchev–Trinajstić information content (AvgIpc) is 2.13. The molecule has 0 amide bonds. The van der Waals surface area contributed by atoms with Crippen LogP contribution in [0, 0.1) is 5.92 Å². The lowest BCUT2D eigenvalue weighted by Crippen LogP contribution is -2.05. The highest BCUT2D eigenvalue weighted by atomic mass is 35.5. The summed E-state index contributed by atoms with van der Waals surface area (Å²) in [5.41, 5.74) is 5.24. The topological polar surface area (TPSA) is 26.0 Å². The normalized spacial score (nSPS) is 35.6. The third kappa shape index (κ3) is 1.01. The van der Waals surface area contributed by atoms with Gasteiger partial charge in [0.1, 0.15) is 4.33 Å². The van der Waals surface area contributed by atoms with E-state index in [-0.39, 0.29) is 0 Å². The van der Waals surface area contributed by atoms with E-state index in [9.17, 15) is 0 Å². The SMILES string of the molecule is NC[C@H]1CC1(Cl)Cl. The van der Waals surface area contributed by atoms with Crippen LogP contribution in [0.5, 0.6) is 0 Å². The van der Waals surface area contributed by atoms with Gasteiger partial charge in [-0.2, -0.15) is 0 Å². The fourth-order valence-electron chi connectivity index (χ4n) is 0.525. The van der Waals surface area contributed by atoms with Crippen LogP contribution in [0.3, 0.4) is 0 Å². The van der Waals surface area contributed by atoms with Crippen LogP contribution >= 0.6 is 23.2 Å². The number of hydrogen-bond acceptors (Lipinski definition) is 1. The summed E-state index contributed by atoms with van der Waals surface area (Å²) < 4.78 is -0.464. The van der Waals surface area contributed by atoms with E-state index in [4.69, 9.17) is 28.9 Å². The van der Waals surface area contributed by atoms with E-state index in [1.54, 1.807) is 0 Å². The molecule has 1 rings (SSSR count). The van der Waals surface area contributed by atoms with Gasteiger partial charge in [0, 0.05) is 5.92 Å². The summed E-state index contributed by atoms with van der Waals surface area (Å²) >= 11 is 11.2. The number of hydrogen-bond donors (Lipinski definition) is 1. The van der Waals surface area contributed by atoms with Crippen molar-refractivity contribution < 1.29 is 0 Å². The first-order chi connectivity index (χ1) is 3.17. The Morgan fingerprint density at radius 2 is 2.14 bits per heavy atom. The summed E-state index contributed by atoms with van der Waals surface area (Å²) in [5, 5.41) is 0. The number of nitrogens with two attached hydrogens (primary N) is 1. The van der Waals surface area contributed by atoms with Crippen LogP contribution in [0.1, 0.15) is 6.42 Å². The Morgan fingerprint density at radius 3 is 2.14 bits per heavy atom. The van der Waals surface area contributed by atoms with Gasteiger partial charge in [0.25, 0.3) is 0 Å². The first-order valence-corrected chi connectivity index (χ1v) is 3.00. The molecule has 1 atom stereocenters. The largest absolute Gasteiger partial charge is 0.330 e. The van der Waals surface area contributed by atoms with Crippen molar-refractivity contribution in [3.63, 3.8) is 0 Å². The van der Waals surface area contributed by atoms with Crippen LogP contribution in [-0.2, 0) is 0 Å². The lowest BCUT2D eigenvalue weighted by Gasteiger charge is -1.90. The highest BCUT2D eigenvalue weighted by Gasteiger charge is 2.50. The van der Waals surface area contributed by atoms with Crippen LogP contribution in [0.4, 0.5) is 0 Å². The number of alkyl halides is 2. The van der Waals surface area contributed by atoms with Crippen molar-refractivity contribution in [1.29, 1.82) is 0 Å². The van der Waals surface area contributed by atoms with Crippen LogP contribution < -0.4 is 5.73 Å². The zero-order valence-electron chi connectivity index (χ0n) is 3.82. The third-order valence-electron chi connectivity index (χ3n) is 1.24. The Kier molecular flexibility index (Phi) is 1.22. The van der Waals surface area contributed by atoms with Gasteiger partial charge in [0.15, 0.2) is 0 Å². The highest BCUT2D eigenvalue weighted by molar-refractivity contribution is 6.50. The molecule has 1 nitrogen and oxygen atoms in total. The predicted octanol–water partition coefficient (Wildman–Crippen LogP) is 1.14. The second-order valence-electron chi connectivity index (χ2n) is 1.90. The molecular formula is C4H7Cl2N. The Labute approximate surface area is 52.8 Å². The van der Waals surface area contributed by atoms with Crippen LogP contribution in [0.2, 0.25) is 0 Å². The zero-order valence-corrected chi connectivity index (χ0v) is 5.34. The summed E-state index contributed by atoms with van der Waals surface area (Å²) in [6.07, 6.45) is 0.868. The predicted molar refractivity (Wildman–Crippen MR) is 31.6 cm³/mol. The van der Waals surface area contributed by atoms with Crippen molar-refractivity contribution >= 4 is 23.2 Å². The van der Waals surface area contributed by atoms with E-state index in [0.717, 1.165) is 6.42 Å². The molecule has 42 valence electrons. The molecule has 3 heteroatoms. The monoisotopic (exact) mass is 139 g/mol. The molecule has 0 saturated heterocycles. The van der Waals surface area contributed by atoms with Gasteiger partial charge >= 0.3 is 0 Å². The van der Waals surface area contributed by atoms with Crippen molar-refractivity contribution in [2.24, 2.45) is 11.7 Å². The van der Waals surface area contributed by atoms with E-state index >= 15 is 0 Å². The van der Waals surface area contributed by atoms with Gasteiger partial charge in [-0.1, -0.05) is 0 Å². The molecule has 0 bridgehead atoms. The Balaban J connectivity index is 2.30. The molecule has 0 aliphatic heterocycles. The third-order valence-corrected chi connectivity index (χ3v) is 2.17. The van der Waals surface area contributed by atoms with Gasteiger partial charge in [-0.25, -0.2) is 0 Å². The summed E-state index contributed by atoms with van der Waals surface area (Å²) in [4.78, 5) is 0. The number of halogens is 2. The lowest BCUT2D eigenvalue weighted by molar-refractivity contribution is 0.835. The molecule has 0 radical (unpaired) electrons. The maximum atomic E-state index is 5.59. The molecule has 0 aromatic heterocycles. The Bertz CT molecular complexity index is 81.8. The van der Waals surface area contributed by atoms with Gasteiger partial charge in [0.05, 0.1) is 0 Å². The fourth-order valence-corrected chi connectivity index (χ4v) is 1.08. The lowest BCUT2D eigenvalue weighted by atomic mass is 10.4. The maximum Gasteiger partial charge on any atom is 0.122 e. The van der Waals surface area contributed by atoms with Crippen LogP contribution in [0.15, 0.2) is 0 Å². The molecule has 2 N–H and O–H groups in total. The summed E-state index contributed by atoms with van der Waals surface area (Å²) in [5.74, 6) is 0.357. The maximum absolute atomic E-state index is 5.59. The summed E-state index contributed by atoms with van der Waals surface area (Å²) in [7, 11) is 0. The summed E-state index contributed by atoms with van der Waals surface area (Å²) in [6, 6.07) is 0. The van der Waals surface area contributed by atoms with Gasteiger partial charge in [-0.15, -0.1) is 23.2 Å². The summed E-state index contributed by atoms with van der Waals surface area (Å²) in [6.45, 7) is 0.618. The van der Waals surface area contributed by atoms with Crippen LogP contribution in [0.25, 0.3) is 0 Å². The van der Waals surface area contributed by atoms with Crippen LogP contribution in [-0.4, -0.2) is 10.9 Å². The molecule has 1 aliphatic carbocycles.